The molecule has 0 aromatic heterocycles. The smallest absolute Gasteiger partial charge is 0.126 e. The molecule has 1 nitrogen and oxygen atoms in total. The number of hydrogen-bond acceptors (Lipinski definition) is 1. The minimum atomic E-state index is 0.942. The van der Waals surface area contributed by atoms with Crippen LogP contribution in [0.1, 0.15) is 16.7 Å². The first-order chi connectivity index (χ1) is 8.11. The third kappa shape index (κ3) is 2.33. The topological polar surface area (TPSA) is 9.23 Å². The molecule has 0 bridgehead atoms. The minimum Gasteiger partial charge on any atom is -0.496 e. The van der Waals surface area contributed by atoms with Crippen LogP contribution in [0.4, 0.5) is 0 Å². The van der Waals surface area contributed by atoms with Crippen molar-refractivity contribution in [3.8, 4) is 16.9 Å². The highest BCUT2D eigenvalue weighted by molar-refractivity contribution is 5.73. The number of methoxy groups -OCH3 is 1. The Morgan fingerprint density at radius 2 is 1.35 bits per heavy atom. The second-order valence-corrected chi connectivity index (χ2v) is 4.52. The SMILES string of the molecule is COc1cc(C)ccc1-c1ccc(C)cc1C. The van der Waals surface area contributed by atoms with Gasteiger partial charge in [-0.05, 0) is 43.5 Å². The van der Waals surface area contributed by atoms with Crippen LogP contribution in [0.3, 0.4) is 0 Å². The molecule has 0 aliphatic heterocycles. The average Bonchev–Trinajstić information content (AvgIpc) is 2.30. The fourth-order valence-electron chi connectivity index (χ4n) is 2.14. The van der Waals surface area contributed by atoms with E-state index in [0.29, 0.717) is 0 Å². The van der Waals surface area contributed by atoms with Gasteiger partial charge in [0.1, 0.15) is 5.75 Å². The molecule has 0 atom stereocenters. The zero-order chi connectivity index (χ0) is 12.4. The Balaban J connectivity index is 2.60. The van der Waals surface area contributed by atoms with Crippen molar-refractivity contribution in [1.29, 1.82) is 0 Å². The molecule has 0 aliphatic rings. The van der Waals surface area contributed by atoms with Gasteiger partial charge in [0, 0.05) is 5.56 Å². The van der Waals surface area contributed by atoms with E-state index in [9.17, 15) is 0 Å². The van der Waals surface area contributed by atoms with Crippen LogP contribution >= 0.6 is 0 Å². The summed E-state index contributed by atoms with van der Waals surface area (Å²) in [5, 5.41) is 0. The second kappa shape index (κ2) is 4.62. The van der Waals surface area contributed by atoms with Gasteiger partial charge in [0.05, 0.1) is 7.11 Å². The molecule has 2 rings (SSSR count). The van der Waals surface area contributed by atoms with Gasteiger partial charge in [-0.3, -0.25) is 0 Å². The van der Waals surface area contributed by atoms with Crippen LogP contribution in [0.25, 0.3) is 11.1 Å². The van der Waals surface area contributed by atoms with Crippen LogP contribution in [-0.4, -0.2) is 7.11 Å². The average molecular weight is 226 g/mol. The molecule has 0 fully saturated rings. The van der Waals surface area contributed by atoms with Gasteiger partial charge < -0.3 is 4.74 Å². The van der Waals surface area contributed by atoms with Crippen molar-refractivity contribution in [2.45, 2.75) is 20.8 Å². The monoisotopic (exact) mass is 226 g/mol. The van der Waals surface area contributed by atoms with E-state index in [-0.39, 0.29) is 0 Å². The first-order valence-corrected chi connectivity index (χ1v) is 5.84. The molecule has 0 saturated carbocycles. The normalized spacial score (nSPS) is 10.4. The van der Waals surface area contributed by atoms with E-state index < -0.39 is 0 Å². The third-order valence-electron chi connectivity index (χ3n) is 3.03. The van der Waals surface area contributed by atoms with E-state index in [1.165, 1.54) is 22.3 Å². The molecule has 0 N–H and O–H groups in total. The Labute approximate surface area is 103 Å². The van der Waals surface area contributed by atoms with Crippen molar-refractivity contribution in [3.05, 3.63) is 53.1 Å². The number of benzene rings is 2. The molecule has 2 aromatic carbocycles. The lowest BCUT2D eigenvalue weighted by Crippen LogP contribution is -1.91. The molecule has 1 heteroatoms. The maximum absolute atomic E-state index is 5.47. The number of ether oxygens (including phenoxy) is 1. The third-order valence-corrected chi connectivity index (χ3v) is 3.03. The summed E-state index contributed by atoms with van der Waals surface area (Å²) in [7, 11) is 1.72. The summed E-state index contributed by atoms with van der Waals surface area (Å²) in [6.45, 7) is 6.33. The van der Waals surface area contributed by atoms with Crippen molar-refractivity contribution < 1.29 is 4.74 Å². The van der Waals surface area contributed by atoms with Crippen molar-refractivity contribution in [2.75, 3.05) is 7.11 Å². The maximum Gasteiger partial charge on any atom is 0.126 e. The molecule has 0 saturated heterocycles. The lowest BCUT2D eigenvalue weighted by Gasteiger charge is -2.12. The van der Waals surface area contributed by atoms with Gasteiger partial charge in [0.25, 0.3) is 0 Å². The molecule has 0 amide bonds. The van der Waals surface area contributed by atoms with Crippen molar-refractivity contribution in [3.63, 3.8) is 0 Å². The van der Waals surface area contributed by atoms with Gasteiger partial charge in [-0.15, -0.1) is 0 Å². The molecule has 0 spiro atoms. The molecule has 0 unspecified atom stereocenters. The Morgan fingerprint density at radius 3 is 1.94 bits per heavy atom. The molecule has 88 valence electrons. The van der Waals surface area contributed by atoms with Gasteiger partial charge in [-0.1, -0.05) is 35.9 Å². The Hall–Kier alpha value is -1.76. The van der Waals surface area contributed by atoms with E-state index in [0.717, 1.165) is 11.3 Å². The first-order valence-electron chi connectivity index (χ1n) is 5.84. The lowest BCUT2D eigenvalue weighted by molar-refractivity contribution is 0.416. The molecular weight excluding hydrogens is 208 g/mol. The molecular formula is C16H18O. The van der Waals surface area contributed by atoms with Gasteiger partial charge in [0.15, 0.2) is 0 Å². The predicted molar refractivity (Wildman–Crippen MR) is 72.6 cm³/mol. The van der Waals surface area contributed by atoms with Gasteiger partial charge in [-0.2, -0.15) is 0 Å². The van der Waals surface area contributed by atoms with Crippen LogP contribution in [0.15, 0.2) is 36.4 Å². The van der Waals surface area contributed by atoms with Crippen LogP contribution in [0.2, 0.25) is 0 Å². The number of rotatable bonds is 2. The molecule has 0 aliphatic carbocycles. The molecule has 17 heavy (non-hydrogen) atoms. The van der Waals surface area contributed by atoms with Gasteiger partial charge >= 0.3 is 0 Å². The minimum absolute atomic E-state index is 0.942. The highest BCUT2D eigenvalue weighted by Crippen LogP contribution is 2.33. The summed E-state index contributed by atoms with van der Waals surface area (Å²) in [4.78, 5) is 0. The summed E-state index contributed by atoms with van der Waals surface area (Å²) < 4.78 is 5.47. The van der Waals surface area contributed by atoms with E-state index >= 15 is 0 Å². The highest BCUT2D eigenvalue weighted by atomic mass is 16.5. The molecule has 0 heterocycles. The maximum atomic E-state index is 5.47. The zero-order valence-electron chi connectivity index (χ0n) is 10.9. The van der Waals surface area contributed by atoms with Crippen LogP contribution in [-0.2, 0) is 0 Å². The second-order valence-electron chi connectivity index (χ2n) is 4.52. The van der Waals surface area contributed by atoms with E-state index in [1.54, 1.807) is 7.11 Å². The summed E-state index contributed by atoms with van der Waals surface area (Å²) in [6.07, 6.45) is 0. The van der Waals surface area contributed by atoms with Gasteiger partial charge in [0.2, 0.25) is 0 Å². The molecule has 0 radical (unpaired) electrons. The largest absolute Gasteiger partial charge is 0.496 e. The van der Waals surface area contributed by atoms with E-state index in [1.807, 2.05) is 0 Å². The predicted octanol–water partition coefficient (Wildman–Crippen LogP) is 4.29. The van der Waals surface area contributed by atoms with E-state index in [4.69, 9.17) is 4.74 Å². The number of hydrogen-bond donors (Lipinski definition) is 0. The number of aryl methyl sites for hydroxylation is 3. The quantitative estimate of drug-likeness (QED) is 0.742. The first kappa shape index (κ1) is 11.7. The van der Waals surface area contributed by atoms with Crippen molar-refractivity contribution >= 4 is 0 Å². The summed E-state index contributed by atoms with van der Waals surface area (Å²) in [5.41, 5.74) is 6.20. The Kier molecular flexibility index (Phi) is 3.19. The summed E-state index contributed by atoms with van der Waals surface area (Å²) >= 11 is 0. The van der Waals surface area contributed by atoms with E-state index in [2.05, 4.69) is 57.2 Å². The Bertz CT molecular complexity index is 541. The molecule has 2 aromatic rings. The standard InChI is InChI=1S/C16H18O/c1-11-5-7-14(13(3)9-11)15-8-6-12(2)10-16(15)17-4/h5-10H,1-4H3. The summed E-state index contributed by atoms with van der Waals surface area (Å²) in [5.74, 6) is 0.942. The van der Waals surface area contributed by atoms with Crippen molar-refractivity contribution in [1.82, 2.24) is 0 Å². The fraction of sp³-hybridized carbons (Fsp3) is 0.250. The fourth-order valence-corrected chi connectivity index (χ4v) is 2.14. The zero-order valence-corrected chi connectivity index (χ0v) is 10.9. The highest BCUT2D eigenvalue weighted by Gasteiger charge is 2.08. The van der Waals surface area contributed by atoms with Gasteiger partial charge in [-0.25, -0.2) is 0 Å². The van der Waals surface area contributed by atoms with Crippen LogP contribution in [0, 0.1) is 20.8 Å². The van der Waals surface area contributed by atoms with Crippen molar-refractivity contribution in [2.24, 2.45) is 0 Å². The van der Waals surface area contributed by atoms with Crippen LogP contribution in [0.5, 0.6) is 5.75 Å². The summed E-state index contributed by atoms with van der Waals surface area (Å²) in [6, 6.07) is 12.8. The Morgan fingerprint density at radius 1 is 0.765 bits per heavy atom. The lowest BCUT2D eigenvalue weighted by atomic mass is 9.97. The van der Waals surface area contributed by atoms with Crippen LogP contribution < -0.4 is 4.74 Å².